The van der Waals surface area contributed by atoms with Crippen LogP contribution in [0.3, 0.4) is 0 Å². The van der Waals surface area contributed by atoms with Gasteiger partial charge >= 0.3 is 0 Å². The summed E-state index contributed by atoms with van der Waals surface area (Å²) in [5, 5.41) is 7.66. The molecule has 1 aliphatic rings. The molecular formula is C30H30BrN3O3S. The van der Waals surface area contributed by atoms with Gasteiger partial charge in [-0.25, -0.2) is 5.01 Å². The van der Waals surface area contributed by atoms with Gasteiger partial charge in [0.2, 0.25) is 0 Å². The van der Waals surface area contributed by atoms with E-state index in [1.165, 1.54) is 10.9 Å². The van der Waals surface area contributed by atoms with E-state index in [-0.39, 0.29) is 17.7 Å². The molecule has 1 aromatic heterocycles. The Hall–Kier alpha value is -3.23. The molecule has 0 aliphatic carbocycles. The van der Waals surface area contributed by atoms with E-state index in [0.717, 1.165) is 39.2 Å². The van der Waals surface area contributed by atoms with Gasteiger partial charge in [-0.3, -0.25) is 4.79 Å². The number of amides is 1. The van der Waals surface area contributed by atoms with Gasteiger partial charge in [-0.2, -0.15) is 5.10 Å². The van der Waals surface area contributed by atoms with Gasteiger partial charge in [0.25, 0.3) is 5.91 Å². The molecule has 0 saturated carbocycles. The molecule has 196 valence electrons. The van der Waals surface area contributed by atoms with Crippen LogP contribution < -0.4 is 9.47 Å². The third-order valence-electron chi connectivity index (χ3n) is 6.70. The van der Waals surface area contributed by atoms with Crippen LogP contribution in [0.15, 0.2) is 87.4 Å². The first kappa shape index (κ1) is 26.4. The molecule has 4 aromatic rings. The zero-order valence-corrected chi connectivity index (χ0v) is 24.1. The van der Waals surface area contributed by atoms with Crippen molar-refractivity contribution < 1.29 is 14.3 Å². The molecule has 3 aromatic carbocycles. The van der Waals surface area contributed by atoms with Crippen LogP contribution in [0.2, 0.25) is 0 Å². The summed E-state index contributed by atoms with van der Waals surface area (Å²) in [6.07, 6.45) is 3.79. The molecule has 38 heavy (non-hydrogen) atoms. The van der Waals surface area contributed by atoms with E-state index in [1.807, 2.05) is 48.5 Å². The van der Waals surface area contributed by atoms with Gasteiger partial charge in [-0.05, 0) is 36.2 Å². The van der Waals surface area contributed by atoms with Crippen molar-refractivity contribution in [1.29, 1.82) is 0 Å². The molecule has 5 rings (SSSR count). The Labute approximate surface area is 235 Å². The minimum Gasteiger partial charge on any atom is -0.493 e. The van der Waals surface area contributed by atoms with Crippen molar-refractivity contribution in [2.45, 2.75) is 37.2 Å². The number of thioether (sulfide) groups is 1. The SMILES string of the molecule is CCCn1cc(SCC(=O)N2N=C(c3ccc(Br)cc3)C[C@H]2c2cccc(OC)c2OC)c2ccccc21. The quantitative estimate of drug-likeness (QED) is 0.192. The van der Waals surface area contributed by atoms with E-state index in [4.69, 9.17) is 14.6 Å². The van der Waals surface area contributed by atoms with Crippen LogP contribution in [0.4, 0.5) is 0 Å². The number of carbonyl (C=O) groups excluding carboxylic acids is 1. The van der Waals surface area contributed by atoms with Gasteiger partial charge in [-0.15, -0.1) is 11.8 Å². The summed E-state index contributed by atoms with van der Waals surface area (Å²) in [5.74, 6) is 1.48. The van der Waals surface area contributed by atoms with E-state index in [0.29, 0.717) is 17.9 Å². The summed E-state index contributed by atoms with van der Waals surface area (Å²) in [6.45, 7) is 3.12. The van der Waals surface area contributed by atoms with E-state index in [1.54, 1.807) is 31.0 Å². The first-order chi connectivity index (χ1) is 18.5. The molecule has 1 atom stereocenters. The maximum absolute atomic E-state index is 13.8. The van der Waals surface area contributed by atoms with E-state index in [2.05, 4.69) is 51.8 Å². The third-order valence-corrected chi connectivity index (χ3v) is 8.26. The summed E-state index contributed by atoms with van der Waals surface area (Å²) in [4.78, 5) is 14.9. The van der Waals surface area contributed by atoms with Gasteiger partial charge in [-0.1, -0.05) is 65.3 Å². The van der Waals surface area contributed by atoms with Gasteiger partial charge in [0, 0.05) is 45.0 Å². The van der Waals surface area contributed by atoms with Crippen LogP contribution in [0.25, 0.3) is 10.9 Å². The Bertz CT molecular complexity index is 1480. The van der Waals surface area contributed by atoms with Crippen LogP contribution in [0, 0.1) is 0 Å². The number of hydrogen-bond donors (Lipinski definition) is 0. The summed E-state index contributed by atoms with van der Waals surface area (Å²) in [7, 11) is 3.25. The monoisotopic (exact) mass is 591 g/mol. The fourth-order valence-electron chi connectivity index (χ4n) is 4.93. The first-order valence-corrected chi connectivity index (χ1v) is 14.4. The molecule has 0 radical (unpaired) electrons. The average Bonchev–Trinajstić information content (AvgIpc) is 3.54. The average molecular weight is 593 g/mol. The highest BCUT2D eigenvalue weighted by Gasteiger charge is 2.35. The van der Waals surface area contributed by atoms with Crippen LogP contribution in [0.1, 0.15) is 36.9 Å². The van der Waals surface area contributed by atoms with Crippen molar-refractivity contribution in [3.8, 4) is 11.5 Å². The molecule has 0 unspecified atom stereocenters. The fraction of sp³-hybridized carbons (Fsp3) is 0.267. The Balaban J connectivity index is 1.46. The Morgan fingerprint density at radius 3 is 2.58 bits per heavy atom. The number of aromatic nitrogens is 1. The predicted octanol–water partition coefficient (Wildman–Crippen LogP) is 7.30. The number of para-hydroxylation sites is 2. The van der Waals surface area contributed by atoms with Crippen LogP contribution in [-0.2, 0) is 11.3 Å². The standard InChI is InChI=1S/C30H30BrN3O3S/c1-4-16-33-18-28(22-8-5-6-10-25(22)33)38-19-29(35)34-26(23-9-7-11-27(36-2)30(23)37-3)17-24(32-34)20-12-14-21(31)15-13-20/h5-15,18,26H,4,16-17,19H2,1-3H3/t26-/m0/s1. The molecule has 0 bridgehead atoms. The predicted molar refractivity (Wildman–Crippen MR) is 157 cm³/mol. The number of nitrogens with zero attached hydrogens (tertiary/aromatic N) is 3. The molecule has 1 amide bonds. The van der Waals surface area contributed by atoms with Crippen LogP contribution in [0.5, 0.6) is 11.5 Å². The molecule has 8 heteroatoms. The lowest BCUT2D eigenvalue weighted by molar-refractivity contribution is -0.130. The number of methoxy groups -OCH3 is 2. The summed E-state index contributed by atoms with van der Waals surface area (Å²) >= 11 is 5.07. The number of rotatable bonds is 9. The van der Waals surface area contributed by atoms with E-state index in [9.17, 15) is 4.79 Å². The fourth-order valence-corrected chi connectivity index (χ4v) is 6.14. The molecule has 1 aliphatic heterocycles. The lowest BCUT2D eigenvalue weighted by Gasteiger charge is -2.24. The van der Waals surface area contributed by atoms with Gasteiger partial charge < -0.3 is 14.0 Å². The molecular weight excluding hydrogens is 562 g/mol. The minimum atomic E-state index is -0.298. The number of benzene rings is 3. The topological polar surface area (TPSA) is 56.1 Å². The minimum absolute atomic E-state index is 0.0516. The highest BCUT2D eigenvalue weighted by molar-refractivity contribution is 9.10. The lowest BCUT2D eigenvalue weighted by atomic mass is 9.97. The zero-order chi connectivity index (χ0) is 26.6. The second-order valence-electron chi connectivity index (χ2n) is 9.09. The second-order valence-corrected chi connectivity index (χ2v) is 11.0. The lowest BCUT2D eigenvalue weighted by Crippen LogP contribution is -2.28. The zero-order valence-electron chi connectivity index (χ0n) is 21.7. The van der Waals surface area contributed by atoms with Crippen molar-refractivity contribution in [1.82, 2.24) is 9.58 Å². The van der Waals surface area contributed by atoms with Crippen molar-refractivity contribution in [2.75, 3.05) is 20.0 Å². The number of halogens is 1. The highest BCUT2D eigenvalue weighted by Crippen LogP contribution is 2.42. The summed E-state index contributed by atoms with van der Waals surface area (Å²) in [6, 6.07) is 21.9. The van der Waals surface area contributed by atoms with E-state index < -0.39 is 0 Å². The smallest absolute Gasteiger partial charge is 0.253 e. The van der Waals surface area contributed by atoms with Crippen molar-refractivity contribution in [3.05, 3.63) is 88.5 Å². The van der Waals surface area contributed by atoms with Crippen LogP contribution >= 0.6 is 27.7 Å². The largest absolute Gasteiger partial charge is 0.493 e. The Morgan fingerprint density at radius 2 is 1.84 bits per heavy atom. The molecule has 0 saturated heterocycles. The number of fused-ring (bicyclic) bond motifs is 1. The number of ether oxygens (including phenoxy) is 2. The van der Waals surface area contributed by atoms with Crippen LogP contribution in [-0.4, -0.2) is 41.2 Å². The van der Waals surface area contributed by atoms with E-state index >= 15 is 0 Å². The highest BCUT2D eigenvalue weighted by atomic mass is 79.9. The number of hydrazone groups is 1. The second kappa shape index (κ2) is 11.7. The Kier molecular flexibility index (Phi) is 8.09. The van der Waals surface area contributed by atoms with Crippen molar-refractivity contribution in [2.24, 2.45) is 5.10 Å². The number of carbonyl (C=O) groups is 1. The molecule has 6 nitrogen and oxygen atoms in total. The summed E-state index contributed by atoms with van der Waals surface area (Å²) < 4.78 is 14.6. The third kappa shape index (κ3) is 5.20. The van der Waals surface area contributed by atoms with Gasteiger partial charge in [0.15, 0.2) is 11.5 Å². The van der Waals surface area contributed by atoms with Crippen molar-refractivity contribution in [3.63, 3.8) is 0 Å². The van der Waals surface area contributed by atoms with Gasteiger partial charge in [0.1, 0.15) is 0 Å². The molecule has 0 fully saturated rings. The molecule has 0 spiro atoms. The first-order valence-electron chi connectivity index (χ1n) is 12.6. The van der Waals surface area contributed by atoms with Gasteiger partial charge in [0.05, 0.1) is 31.7 Å². The maximum Gasteiger partial charge on any atom is 0.253 e. The molecule has 0 N–H and O–H groups in total. The molecule has 2 heterocycles. The van der Waals surface area contributed by atoms with Crippen molar-refractivity contribution >= 4 is 50.2 Å². The number of hydrogen-bond acceptors (Lipinski definition) is 5. The summed E-state index contributed by atoms with van der Waals surface area (Å²) in [5.41, 5.74) is 3.93. The Morgan fingerprint density at radius 1 is 1.05 bits per heavy atom. The maximum atomic E-state index is 13.8. The normalized spacial score (nSPS) is 15.1. The number of aryl methyl sites for hydroxylation is 1.